The number of aliphatic hydroxyl groups excluding tert-OH is 1. The second-order valence-corrected chi connectivity index (χ2v) is 3.42. The fraction of sp³-hybridized carbons (Fsp3) is 0.111. The predicted octanol–water partition coefficient (Wildman–Crippen LogP) is 0.891. The molecule has 5 heteroatoms. The predicted molar refractivity (Wildman–Crippen MR) is 57.0 cm³/mol. The van der Waals surface area contributed by atoms with Gasteiger partial charge in [-0.1, -0.05) is 28.1 Å². The number of rotatable bonds is 3. The van der Waals surface area contributed by atoms with Gasteiger partial charge in [-0.05, 0) is 17.7 Å². The van der Waals surface area contributed by atoms with E-state index in [-0.39, 0.29) is 0 Å². The van der Waals surface area contributed by atoms with Crippen molar-refractivity contribution in [2.75, 3.05) is 6.61 Å². The number of amides is 1. The van der Waals surface area contributed by atoms with Crippen molar-refractivity contribution in [2.45, 2.75) is 0 Å². The molecule has 0 fully saturated rings. The molecule has 0 saturated heterocycles. The van der Waals surface area contributed by atoms with Gasteiger partial charge in [0.15, 0.2) is 0 Å². The molecule has 0 unspecified atom stereocenters. The molecule has 1 aromatic carbocycles. The standard InChI is InChI=1S/C9H9BrN2O2/c10-8-3-1-2-7(4-8)5-11-12-9(14)6-13/h1-5,13H,6H2,(H,12,14)/b11-5-. The number of hydrazone groups is 1. The van der Waals surface area contributed by atoms with E-state index in [1.54, 1.807) is 0 Å². The zero-order valence-corrected chi connectivity index (χ0v) is 8.86. The monoisotopic (exact) mass is 256 g/mol. The average Bonchev–Trinajstić information content (AvgIpc) is 2.17. The maximum absolute atomic E-state index is 10.6. The Balaban J connectivity index is 2.56. The van der Waals surface area contributed by atoms with E-state index in [2.05, 4.69) is 26.5 Å². The van der Waals surface area contributed by atoms with Gasteiger partial charge in [-0.25, -0.2) is 5.43 Å². The summed E-state index contributed by atoms with van der Waals surface area (Å²) >= 11 is 3.31. The van der Waals surface area contributed by atoms with Gasteiger partial charge < -0.3 is 5.11 Å². The highest BCUT2D eigenvalue weighted by Crippen LogP contribution is 2.09. The Labute approximate surface area is 89.8 Å². The Morgan fingerprint density at radius 2 is 2.43 bits per heavy atom. The lowest BCUT2D eigenvalue weighted by atomic mass is 10.2. The number of hydrogen-bond donors (Lipinski definition) is 2. The topological polar surface area (TPSA) is 61.7 Å². The van der Waals surface area contributed by atoms with Crippen LogP contribution in [0.15, 0.2) is 33.8 Å². The zero-order valence-electron chi connectivity index (χ0n) is 7.27. The molecule has 14 heavy (non-hydrogen) atoms. The molecule has 0 aliphatic rings. The summed E-state index contributed by atoms with van der Waals surface area (Å²) in [5.74, 6) is -0.531. The van der Waals surface area contributed by atoms with Crippen molar-refractivity contribution >= 4 is 28.1 Å². The highest BCUT2D eigenvalue weighted by atomic mass is 79.9. The van der Waals surface area contributed by atoms with Crippen molar-refractivity contribution in [3.05, 3.63) is 34.3 Å². The number of nitrogens with zero attached hydrogens (tertiary/aromatic N) is 1. The Morgan fingerprint density at radius 3 is 3.07 bits per heavy atom. The van der Waals surface area contributed by atoms with Crippen LogP contribution in [0.25, 0.3) is 0 Å². The molecular weight excluding hydrogens is 248 g/mol. The summed E-state index contributed by atoms with van der Waals surface area (Å²) < 4.78 is 0.940. The van der Waals surface area contributed by atoms with Crippen LogP contribution in [-0.2, 0) is 4.79 Å². The summed E-state index contributed by atoms with van der Waals surface area (Å²) in [6.07, 6.45) is 1.50. The number of halogens is 1. The first-order valence-electron chi connectivity index (χ1n) is 3.90. The molecule has 0 aliphatic carbocycles. The smallest absolute Gasteiger partial charge is 0.265 e. The minimum absolute atomic E-state index is 0.531. The Kier molecular flexibility index (Phi) is 4.28. The van der Waals surface area contributed by atoms with Gasteiger partial charge in [0.05, 0.1) is 6.21 Å². The van der Waals surface area contributed by atoms with Gasteiger partial charge in [-0.3, -0.25) is 4.79 Å². The number of carbonyl (C=O) groups excluding carboxylic acids is 1. The van der Waals surface area contributed by atoms with E-state index in [9.17, 15) is 4.79 Å². The van der Waals surface area contributed by atoms with E-state index in [4.69, 9.17) is 5.11 Å². The second kappa shape index (κ2) is 5.51. The van der Waals surface area contributed by atoms with Crippen molar-refractivity contribution in [3.8, 4) is 0 Å². The molecule has 74 valence electrons. The molecule has 1 rings (SSSR count). The maximum atomic E-state index is 10.6. The van der Waals surface area contributed by atoms with E-state index in [0.717, 1.165) is 10.0 Å². The van der Waals surface area contributed by atoms with Crippen molar-refractivity contribution in [1.82, 2.24) is 5.43 Å². The van der Waals surface area contributed by atoms with Gasteiger partial charge >= 0.3 is 0 Å². The lowest BCUT2D eigenvalue weighted by Gasteiger charge is -1.95. The van der Waals surface area contributed by atoms with Crippen LogP contribution in [0.1, 0.15) is 5.56 Å². The highest BCUT2D eigenvalue weighted by molar-refractivity contribution is 9.10. The largest absolute Gasteiger partial charge is 0.386 e. The summed E-state index contributed by atoms with van der Waals surface area (Å²) in [6.45, 7) is -0.560. The van der Waals surface area contributed by atoms with Crippen molar-refractivity contribution in [2.24, 2.45) is 5.10 Å². The van der Waals surface area contributed by atoms with E-state index >= 15 is 0 Å². The molecule has 0 spiro atoms. The minimum Gasteiger partial charge on any atom is -0.386 e. The SMILES string of the molecule is O=C(CO)N/N=C\c1cccc(Br)c1. The molecule has 4 nitrogen and oxygen atoms in total. The fourth-order valence-electron chi connectivity index (χ4n) is 0.801. The third-order valence-corrected chi connectivity index (χ3v) is 1.89. The van der Waals surface area contributed by atoms with Crippen molar-refractivity contribution < 1.29 is 9.90 Å². The molecule has 0 bridgehead atoms. The third-order valence-electron chi connectivity index (χ3n) is 1.40. The molecule has 0 aromatic heterocycles. The van der Waals surface area contributed by atoms with Gasteiger partial charge in [0.1, 0.15) is 6.61 Å². The number of aliphatic hydroxyl groups is 1. The van der Waals surface area contributed by atoms with Gasteiger partial charge in [0.2, 0.25) is 0 Å². The number of hydrogen-bond acceptors (Lipinski definition) is 3. The summed E-state index contributed by atoms with van der Waals surface area (Å²) in [5.41, 5.74) is 3.02. The van der Waals surface area contributed by atoms with Crippen LogP contribution in [0.5, 0.6) is 0 Å². The summed E-state index contributed by atoms with van der Waals surface area (Å²) in [7, 11) is 0. The van der Waals surface area contributed by atoms with Crippen LogP contribution in [0, 0.1) is 0 Å². The van der Waals surface area contributed by atoms with E-state index in [1.807, 2.05) is 24.3 Å². The van der Waals surface area contributed by atoms with Crippen LogP contribution in [0.2, 0.25) is 0 Å². The van der Waals surface area contributed by atoms with Gasteiger partial charge in [-0.15, -0.1) is 0 Å². The quantitative estimate of drug-likeness (QED) is 0.624. The van der Waals surface area contributed by atoms with Crippen LogP contribution in [0.3, 0.4) is 0 Å². The lowest BCUT2D eigenvalue weighted by Crippen LogP contribution is -2.20. The average molecular weight is 257 g/mol. The summed E-state index contributed by atoms with van der Waals surface area (Å²) in [4.78, 5) is 10.6. The van der Waals surface area contributed by atoms with Crippen LogP contribution < -0.4 is 5.43 Å². The summed E-state index contributed by atoms with van der Waals surface area (Å²) in [5, 5.41) is 12.0. The number of carbonyl (C=O) groups is 1. The Hall–Kier alpha value is -1.20. The van der Waals surface area contributed by atoms with Gasteiger partial charge in [-0.2, -0.15) is 5.10 Å². The molecular formula is C9H9BrN2O2. The molecule has 2 N–H and O–H groups in total. The molecule has 0 aliphatic heterocycles. The maximum Gasteiger partial charge on any atom is 0.265 e. The highest BCUT2D eigenvalue weighted by Gasteiger charge is 1.93. The summed E-state index contributed by atoms with van der Waals surface area (Å²) in [6, 6.07) is 7.46. The Bertz CT molecular complexity index is 352. The van der Waals surface area contributed by atoms with E-state index in [1.165, 1.54) is 6.21 Å². The fourth-order valence-corrected chi connectivity index (χ4v) is 1.22. The normalized spacial score (nSPS) is 10.4. The molecule has 1 aromatic rings. The molecule has 0 heterocycles. The van der Waals surface area contributed by atoms with Gasteiger partial charge in [0.25, 0.3) is 5.91 Å². The van der Waals surface area contributed by atoms with Crippen LogP contribution in [0.4, 0.5) is 0 Å². The first kappa shape index (κ1) is 10.9. The van der Waals surface area contributed by atoms with Crippen LogP contribution in [-0.4, -0.2) is 23.8 Å². The third kappa shape index (κ3) is 3.68. The molecule has 0 radical (unpaired) electrons. The first-order valence-corrected chi connectivity index (χ1v) is 4.70. The molecule has 0 atom stereocenters. The van der Waals surface area contributed by atoms with E-state index in [0.29, 0.717) is 0 Å². The second-order valence-electron chi connectivity index (χ2n) is 2.51. The first-order chi connectivity index (χ1) is 6.72. The molecule has 1 amide bonds. The van der Waals surface area contributed by atoms with Crippen LogP contribution >= 0.6 is 15.9 Å². The van der Waals surface area contributed by atoms with Crippen molar-refractivity contribution in [1.29, 1.82) is 0 Å². The van der Waals surface area contributed by atoms with E-state index < -0.39 is 12.5 Å². The Morgan fingerprint density at radius 1 is 1.64 bits per heavy atom. The number of benzene rings is 1. The lowest BCUT2D eigenvalue weighted by molar-refractivity contribution is -0.123. The van der Waals surface area contributed by atoms with Crippen molar-refractivity contribution in [3.63, 3.8) is 0 Å². The zero-order chi connectivity index (χ0) is 10.4. The van der Waals surface area contributed by atoms with Gasteiger partial charge in [0, 0.05) is 4.47 Å². The minimum atomic E-state index is -0.560. The number of nitrogens with one attached hydrogen (secondary N) is 1. The molecule has 0 saturated carbocycles.